The molecule has 0 saturated carbocycles. The van der Waals surface area contributed by atoms with E-state index in [0.717, 1.165) is 23.8 Å². The van der Waals surface area contributed by atoms with Crippen molar-refractivity contribution in [3.05, 3.63) is 58.6 Å². The monoisotopic (exact) mass is 286 g/mol. The van der Waals surface area contributed by atoms with Crippen LogP contribution in [0.25, 0.3) is 0 Å². The number of fused-ring (bicyclic) bond motifs is 1. The molecule has 2 aromatic rings. The van der Waals surface area contributed by atoms with Gasteiger partial charge in [0.1, 0.15) is 0 Å². The van der Waals surface area contributed by atoms with Gasteiger partial charge in [-0.2, -0.15) is 0 Å². The number of anilines is 2. The number of hydrogen-bond donors (Lipinski definition) is 1. The second-order valence-electron chi connectivity index (χ2n) is 5.35. The van der Waals surface area contributed by atoms with E-state index in [0.29, 0.717) is 0 Å². The summed E-state index contributed by atoms with van der Waals surface area (Å²) in [6.45, 7) is 2.01. The first-order valence-electron chi connectivity index (χ1n) is 7.05. The summed E-state index contributed by atoms with van der Waals surface area (Å²) in [4.78, 5) is 2.34. The maximum Gasteiger partial charge on any atom is 0.0407 e. The first-order valence-corrected chi connectivity index (χ1v) is 7.42. The van der Waals surface area contributed by atoms with Gasteiger partial charge in [0.2, 0.25) is 0 Å². The lowest BCUT2D eigenvalue weighted by molar-refractivity contribution is 0.743. The fraction of sp³-hybridized carbons (Fsp3) is 0.294. The minimum atomic E-state index is 0.771. The molecule has 2 aromatic carbocycles. The first kappa shape index (κ1) is 13.3. The molecule has 1 aliphatic heterocycles. The average Bonchev–Trinajstić information content (AvgIpc) is 2.47. The van der Waals surface area contributed by atoms with Crippen molar-refractivity contribution in [2.24, 2.45) is 0 Å². The number of rotatable bonds is 3. The van der Waals surface area contributed by atoms with E-state index in [-0.39, 0.29) is 0 Å². The highest BCUT2D eigenvalue weighted by molar-refractivity contribution is 6.30. The topological polar surface area (TPSA) is 15.3 Å². The number of nitrogens with zero attached hydrogens (tertiary/aromatic N) is 1. The van der Waals surface area contributed by atoms with Crippen molar-refractivity contribution >= 4 is 23.0 Å². The Morgan fingerprint density at radius 3 is 2.75 bits per heavy atom. The molecule has 0 unspecified atom stereocenters. The molecule has 0 aliphatic carbocycles. The quantitative estimate of drug-likeness (QED) is 0.903. The second kappa shape index (κ2) is 5.76. The van der Waals surface area contributed by atoms with Crippen LogP contribution in [0.15, 0.2) is 42.5 Å². The SMILES string of the molecule is CN1CCCc2cc(CNc3ccc(Cl)cc3)ccc21. The van der Waals surface area contributed by atoms with E-state index in [1.165, 1.54) is 29.7 Å². The number of aryl methyl sites for hydroxylation is 1. The van der Waals surface area contributed by atoms with Crippen molar-refractivity contribution in [1.29, 1.82) is 0 Å². The third-order valence-electron chi connectivity index (χ3n) is 3.84. The van der Waals surface area contributed by atoms with Gasteiger partial charge in [0.25, 0.3) is 0 Å². The third kappa shape index (κ3) is 2.91. The molecule has 0 atom stereocenters. The average molecular weight is 287 g/mol. The Morgan fingerprint density at radius 2 is 1.95 bits per heavy atom. The predicted octanol–water partition coefficient (Wildman–Crippen LogP) is 4.33. The molecule has 1 N–H and O–H groups in total. The van der Waals surface area contributed by atoms with Crippen molar-refractivity contribution in [3.63, 3.8) is 0 Å². The van der Waals surface area contributed by atoms with Crippen LogP contribution in [0.3, 0.4) is 0 Å². The standard InChI is InChI=1S/C17H19ClN2/c1-20-10-2-3-14-11-13(4-9-17(14)20)12-19-16-7-5-15(18)6-8-16/h4-9,11,19H,2-3,10,12H2,1H3. The minimum Gasteiger partial charge on any atom is -0.381 e. The first-order chi connectivity index (χ1) is 9.72. The van der Waals surface area contributed by atoms with Gasteiger partial charge in [0.15, 0.2) is 0 Å². The van der Waals surface area contributed by atoms with E-state index in [1.807, 2.05) is 24.3 Å². The summed E-state index contributed by atoms with van der Waals surface area (Å²) >= 11 is 5.89. The second-order valence-corrected chi connectivity index (χ2v) is 5.79. The Kier molecular flexibility index (Phi) is 3.83. The summed E-state index contributed by atoms with van der Waals surface area (Å²) in [5.41, 5.74) is 5.28. The summed E-state index contributed by atoms with van der Waals surface area (Å²) in [5, 5.41) is 4.20. The van der Waals surface area contributed by atoms with Crippen molar-refractivity contribution in [2.45, 2.75) is 19.4 Å². The predicted molar refractivity (Wildman–Crippen MR) is 86.8 cm³/mol. The van der Waals surface area contributed by atoms with E-state index in [1.54, 1.807) is 0 Å². The zero-order valence-electron chi connectivity index (χ0n) is 11.7. The molecule has 3 heteroatoms. The lowest BCUT2D eigenvalue weighted by Crippen LogP contribution is -2.24. The van der Waals surface area contributed by atoms with Crippen molar-refractivity contribution in [3.8, 4) is 0 Å². The fourth-order valence-electron chi connectivity index (χ4n) is 2.72. The molecule has 0 amide bonds. The maximum absolute atomic E-state index is 5.89. The fourth-order valence-corrected chi connectivity index (χ4v) is 2.85. The molecule has 3 rings (SSSR count). The molecule has 1 heterocycles. The van der Waals surface area contributed by atoms with Crippen LogP contribution >= 0.6 is 11.6 Å². The molecule has 104 valence electrons. The lowest BCUT2D eigenvalue weighted by Gasteiger charge is -2.27. The van der Waals surface area contributed by atoms with Crippen LogP contribution in [0, 0.1) is 0 Å². The summed E-state index contributed by atoms with van der Waals surface area (Å²) < 4.78 is 0. The summed E-state index contributed by atoms with van der Waals surface area (Å²) in [7, 11) is 2.17. The van der Waals surface area contributed by atoms with Gasteiger partial charge in [-0.05, 0) is 54.3 Å². The van der Waals surface area contributed by atoms with Gasteiger partial charge in [-0.15, -0.1) is 0 Å². The zero-order chi connectivity index (χ0) is 13.9. The van der Waals surface area contributed by atoms with Gasteiger partial charge in [0, 0.05) is 36.5 Å². The Hall–Kier alpha value is -1.67. The van der Waals surface area contributed by atoms with E-state index < -0.39 is 0 Å². The molecule has 1 aliphatic rings. The van der Waals surface area contributed by atoms with Crippen LogP contribution < -0.4 is 10.2 Å². The normalized spacial score (nSPS) is 14.0. The van der Waals surface area contributed by atoms with E-state index in [4.69, 9.17) is 11.6 Å². The number of nitrogens with one attached hydrogen (secondary N) is 1. The highest BCUT2D eigenvalue weighted by atomic mass is 35.5. The van der Waals surface area contributed by atoms with Crippen LogP contribution in [0.1, 0.15) is 17.5 Å². The van der Waals surface area contributed by atoms with Gasteiger partial charge in [-0.1, -0.05) is 23.7 Å². The molecular weight excluding hydrogens is 268 g/mol. The molecule has 0 aromatic heterocycles. The Balaban J connectivity index is 1.70. The van der Waals surface area contributed by atoms with Gasteiger partial charge < -0.3 is 10.2 Å². The Bertz CT molecular complexity index is 592. The molecule has 0 bridgehead atoms. The van der Waals surface area contributed by atoms with Gasteiger partial charge in [-0.25, -0.2) is 0 Å². The Morgan fingerprint density at radius 1 is 1.15 bits per heavy atom. The Labute approximate surface area is 125 Å². The molecule has 0 saturated heterocycles. The van der Waals surface area contributed by atoms with Gasteiger partial charge in [-0.3, -0.25) is 0 Å². The van der Waals surface area contributed by atoms with Crippen LogP contribution in [-0.2, 0) is 13.0 Å². The van der Waals surface area contributed by atoms with Gasteiger partial charge >= 0.3 is 0 Å². The summed E-state index contributed by atoms with van der Waals surface area (Å²) in [6, 6.07) is 14.6. The minimum absolute atomic E-state index is 0.771. The number of benzene rings is 2. The van der Waals surface area contributed by atoms with E-state index in [2.05, 4.69) is 35.5 Å². The summed E-state index contributed by atoms with van der Waals surface area (Å²) in [6.07, 6.45) is 2.44. The highest BCUT2D eigenvalue weighted by Gasteiger charge is 2.13. The van der Waals surface area contributed by atoms with E-state index >= 15 is 0 Å². The zero-order valence-corrected chi connectivity index (χ0v) is 12.5. The van der Waals surface area contributed by atoms with Crippen LogP contribution in [0.5, 0.6) is 0 Å². The van der Waals surface area contributed by atoms with Crippen LogP contribution in [0.2, 0.25) is 5.02 Å². The maximum atomic E-state index is 5.89. The largest absolute Gasteiger partial charge is 0.381 e. The van der Waals surface area contributed by atoms with Crippen LogP contribution in [0.4, 0.5) is 11.4 Å². The molecular formula is C17H19ClN2. The molecule has 0 radical (unpaired) electrons. The molecule has 2 nitrogen and oxygen atoms in total. The lowest BCUT2D eigenvalue weighted by atomic mass is 9.99. The highest BCUT2D eigenvalue weighted by Crippen LogP contribution is 2.27. The van der Waals surface area contributed by atoms with Crippen LogP contribution in [-0.4, -0.2) is 13.6 Å². The van der Waals surface area contributed by atoms with Crippen molar-refractivity contribution in [2.75, 3.05) is 23.8 Å². The number of hydrogen-bond acceptors (Lipinski definition) is 2. The third-order valence-corrected chi connectivity index (χ3v) is 4.09. The summed E-state index contributed by atoms with van der Waals surface area (Å²) in [5.74, 6) is 0. The molecule has 0 spiro atoms. The molecule has 20 heavy (non-hydrogen) atoms. The molecule has 0 fully saturated rings. The van der Waals surface area contributed by atoms with Gasteiger partial charge in [0.05, 0.1) is 0 Å². The van der Waals surface area contributed by atoms with Crippen molar-refractivity contribution < 1.29 is 0 Å². The van der Waals surface area contributed by atoms with Crippen molar-refractivity contribution in [1.82, 2.24) is 0 Å². The number of halogens is 1. The van der Waals surface area contributed by atoms with E-state index in [9.17, 15) is 0 Å². The smallest absolute Gasteiger partial charge is 0.0407 e.